The summed E-state index contributed by atoms with van der Waals surface area (Å²) in [4.78, 5) is 7.80. The summed E-state index contributed by atoms with van der Waals surface area (Å²) in [5.74, 6) is 0. The second-order valence-electron chi connectivity index (χ2n) is 19.9. The van der Waals surface area contributed by atoms with Crippen LogP contribution >= 0.6 is 34.0 Å². The van der Waals surface area contributed by atoms with E-state index in [4.69, 9.17) is 0 Å². The number of anilines is 6. The van der Waals surface area contributed by atoms with Gasteiger partial charge in [-0.15, -0.1) is 34.0 Å². The average Bonchev–Trinajstić information content (AvgIpc) is 4.01. The summed E-state index contributed by atoms with van der Waals surface area (Å²) in [6.45, 7) is 18.7. The first kappa shape index (κ1) is 39.7. The zero-order valence-corrected chi connectivity index (χ0v) is 40.1. The molecule has 5 heterocycles. The van der Waals surface area contributed by atoms with Crippen molar-refractivity contribution in [3.63, 3.8) is 0 Å². The smallest absolute Gasteiger partial charge is 0.254 e. The van der Waals surface area contributed by atoms with Crippen molar-refractivity contribution in [2.45, 2.75) is 66.2 Å². The van der Waals surface area contributed by atoms with Gasteiger partial charge in [-0.25, -0.2) is 0 Å². The lowest BCUT2D eigenvalue weighted by molar-refractivity contribution is 0.589. The van der Waals surface area contributed by atoms with Crippen molar-refractivity contribution in [2.75, 3.05) is 9.80 Å². The third-order valence-electron chi connectivity index (χ3n) is 13.6. The van der Waals surface area contributed by atoms with Crippen molar-refractivity contribution < 1.29 is 0 Å². The van der Waals surface area contributed by atoms with E-state index in [2.05, 4.69) is 217 Å². The van der Waals surface area contributed by atoms with Crippen molar-refractivity contribution in [1.82, 2.24) is 0 Å². The monoisotopic (exact) mass is 880 g/mol. The first-order valence-electron chi connectivity index (χ1n) is 22.4. The lowest BCUT2D eigenvalue weighted by Gasteiger charge is -2.44. The Balaban J connectivity index is 1.15. The third kappa shape index (κ3) is 6.17. The highest BCUT2D eigenvalue weighted by molar-refractivity contribution is 7.26. The molecule has 312 valence electrons. The Hall–Kier alpha value is -5.92. The second-order valence-corrected chi connectivity index (χ2v) is 23.1. The van der Waals surface area contributed by atoms with E-state index in [0.717, 1.165) is 0 Å². The van der Waals surface area contributed by atoms with Gasteiger partial charge in [0.15, 0.2) is 0 Å². The van der Waals surface area contributed by atoms with Gasteiger partial charge >= 0.3 is 0 Å². The van der Waals surface area contributed by atoms with E-state index in [9.17, 15) is 0 Å². The maximum absolute atomic E-state index is 2.64. The lowest BCUT2D eigenvalue weighted by Crippen LogP contribution is -2.61. The molecule has 0 spiro atoms. The van der Waals surface area contributed by atoms with Crippen LogP contribution in [0.5, 0.6) is 0 Å². The molecule has 2 nitrogen and oxygen atoms in total. The molecule has 0 saturated heterocycles. The van der Waals surface area contributed by atoms with Crippen molar-refractivity contribution in [3.8, 4) is 20.9 Å². The Kier molecular flexibility index (Phi) is 8.86. The highest BCUT2D eigenvalue weighted by Gasteiger charge is 2.46. The highest BCUT2D eigenvalue weighted by Crippen LogP contribution is 2.51. The largest absolute Gasteiger partial charge is 0.311 e. The van der Waals surface area contributed by atoms with E-state index in [-0.39, 0.29) is 17.5 Å². The molecule has 12 rings (SSSR count). The molecule has 2 aliphatic heterocycles. The molecule has 0 fully saturated rings. The molecule has 0 aliphatic carbocycles. The van der Waals surface area contributed by atoms with Crippen LogP contribution in [0.15, 0.2) is 152 Å². The van der Waals surface area contributed by atoms with Crippen molar-refractivity contribution in [3.05, 3.63) is 174 Å². The number of hydrogen-bond acceptors (Lipinski definition) is 5. The maximum Gasteiger partial charge on any atom is 0.254 e. The molecular formula is C58H49BN2S3. The maximum atomic E-state index is 2.64. The van der Waals surface area contributed by atoms with Crippen molar-refractivity contribution >= 4 is 121 Å². The fourth-order valence-corrected chi connectivity index (χ4v) is 13.7. The van der Waals surface area contributed by atoms with Crippen LogP contribution in [-0.2, 0) is 10.8 Å². The summed E-state index contributed by atoms with van der Waals surface area (Å²) >= 11 is 5.71. The summed E-state index contributed by atoms with van der Waals surface area (Å²) in [5.41, 5.74) is 18.2. The predicted molar refractivity (Wildman–Crippen MR) is 284 cm³/mol. The molecule has 64 heavy (non-hydrogen) atoms. The van der Waals surface area contributed by atoms with E-state index in [1.54, 1.807) is 0 Å². The Labute approximate surface area is 389 Å². The molecule has 7 aromatic carbocycles. The number of rotatable bonds is 4. The van der Waals surface area contributed by atoms with Gasteiger partial charge in [-0.3, -0.25) is 0 Å². The van der Waals surface area contributed by atoms with Crippen LogP contribution < -0.4 is 26.2 Å². The van der Waals surface area contributed by atoms with Gasteiger partial charge < -0.3 is 9.80 Å². The first-order chi connectivity index (χ1) is 30.8. The fourth-order valence-electron chi connectivity index (χ4n) is 10.4. The van der Waals surface area contributed by atoms with Gasteiger partial charge in [0.1, 0.15) is 0 Å². The van der Waals surface area contributed by atoms with E-state index < -0.39 is 0 Å². The Morgan fingerprint density at radius 3 is 1.70 bits per heavy atom. The molecule has 3 aromatic heterocycles. The van der Waals surface area contributed by atoms with Gasteiger partial charge in [-0.05, 0) is 151 Å². The Morgan fingerprint density at radius 1 is 0.453 bits per heavy atom. The standard InChI is InChI=1S/C58H49BN2S3/c1-34-27-41(58(6,7)8)28-35(2)55(34)61-46-20-14-19-45-54(46)59(53-43-33-40(57(3,4)5)24-26-50(43)64-56(53)61)44-25-23-39(52-32-38-16-10-12-22-49(38)63-52)30-47(44)60(45)42-18-13-17-36(29-42)51-31-37-15-9-11-21-48(37)62-51/h9-33H,1-8H3. The number of benzene rings is 7. The molecule has 0 amide bonds. The van der Waals surface area contributed by atoms with E-state index >= 15 is 0 Å². The van der Waals surface area contributed by atoms with Gasteiger partial charge in [0.2, 0.25) is 0 Å². The van der Waals surface area contributed by atoms with Crippen LogP contribution in [0.25, 0.3) is 51.1 Å². The number of nitrogens with zero attached hydrogens (tertiary/aromatic N) is 2. The minimum atomic E-state index is 0.0102. The summed E-state index contributed by atoms with van der Waals surface area (Å²) in [5, 5.41) is 5.27. The van der Waals surface area contributed by atoms with Crippen LogP contribution in [0.1, 0.15) is 63.8 Å². The van der Waals surface area contributed by atoms with Crippen LogP contribution in [0.4, 0.5) is 33.4 Å². The van der Waals surface area contributed by atoms with Gasteiger partial charge in [-0.2, -0.15) is 0 Å². The molecular weight excluding hydrogens is 832 g/mol. The van der Waals surface area contributed by atoms with E-state index in [0.29, 0.717) is 0 Å². The number of hydrogen-bond donors (Lipinski definition) is 0. The summed E-state index contributed by atoms with van der Waals surface area (Å²) < 4.78 is 3.96. The van der Waals surface area contributed by atoms with E-state index in [1.165, 1.54) is 123 Å². The highest BCUT2D eigenvalue weighted by atomic mass is 32.1. The van der Waals surface area contributed by atoms with Crippen LogP contribution in [-0.4, -0.2) is 6.71 Å². The normalized spacial score (nSPS) is 13.5. The Morgan fingerprint density at radius 2 is 1.06 bits per heavy atom. The van der Waals surface area contributed by atoms with Crippen molar-refractivity contribution in [1.29, 1.82) is 0 Å². The summed E-state index contributed by atoms with van der Waals surface area (Å²) in [6.07, 6.45) is 0. The number of thiophene rings is 3. The topological polar surface area (TPSA) is 6.48 Å². The van der Waals surface area contributed by atoms with Gasteiger partial charge in [0.25, 0.3) is 6.71 Å². The van der Waals surface area contributed by atoms with Gasteiger partial charge in [-0.1, -0.05) is 133 Å². The SMILES string of the molecule is Cc1cc(C(C)(C)C)cc(C)c1N1c2cccc3c2B(c2ccc(-c4cc5ccccc5s4)cc2N3c2cccc(-c3cc4ccccc4s3)c2)c2c1sc1ccc(C(C)(C)C)cc21. The lowest BCUT2D eigenvalue weighted by atomic mass is 9.33. The molecule has 0 radical (unpaired) electrons. The molecule has 0 atom stereocenters. The quantitative estimate of drug-likeness (QED) is 0.163. The summed E-state index contributed by atoms with van der Waals surface area (Å²) in [7, 11) is 0. The fraction of sp³-hybridized carbons (Fsp3) is 0.172. The molecule has 0 unspecified atom stereocenters. The van der Waals surface area contributed by atoms with Gasteiger partial charge in [0.05, 0.1) is 10.7 Å². The number of fused-ring (bicyclic) bond motifs is 8. The minimum Gasteiger partial charge on any atom is -0.311 e. The van der Waals surface area contributed by atoms with Crippen molar-refractivity contribution in [2.24, 2.45) is 0 Å². The predicted octanol–water partition coefficient (Wildman–Crippen LogP) is 16.0. The zero-order valence-electron chi connectivity index (χ0n) is 37.6. The summed E-state index contributed by atoms with van der Waals surface area (Å²) in [6, 6.07) is 58.1. The average molecular weight is 881 g/mol. The molecule has 6 heteroatoms. The van der Waals surface area contributed by atoms with E-state index in [1.807, 2.05) is 34.0 Å². The van der Waals surface area contributed by atoms with Crippen LogP contribution in [0, 0.1) is 13.8 Å². The molecule has 10 aromatic rings. The van der Waals surface area contributed by atoms with Crippen LogP contribution in [0.3, 0.4) is 0 Å². The first-order valence-corrected chi connectivity index (χ1v) is 24.9. The molecule has 0 N–H and O–H groups in total. The molecule has 2 aliphatic rings. The van der Waals surface area contributed by atoms with Gasteiger partial charge in [0, 0.05) is 46.6 Å². The zero-order chi connectivity index (χ0) is 43.8. The Bertz CT molecular complexity index is 3450. The minimum absolute atomic E-state index is 0.0102. The molecule has 0 saturated carbocycles. The number of aryl methyl sites for hydroxylation is 2. The second kappa shape index (κ2) is 14.3. The third-order valence-corrected chi connectivity index (χ3v) is 17.1. The van der Waals surface area contributed by atoms with Crippen LogP contribution in [0.2, 0.25) is 0 Å². The molecule has 0 bridgehead atoms.